The molecule has 1 saturated heterocycles. The molecule has 1 aromatic rings. The van der Waals surface area contributed by atoms with Crippen LogP contribution in [0.25, 0.3) is 0 Å². The largest absolute Gasteiger partial charge is 0.393 e. The normalized spacial score (nSPS) is 23.5. The van der Waals surface area contributed by atoms with Gasteiger partial charge in [0.1, 0.15) is 4.99 Å². The number of anilines is 1. The summed E-state index contributed by atoms with van der Waals surface area (Å²) in [5.74, 6) is -1.93. The first-order valence-electron chi connectivity index (χ1n) is 6.12. The summed E-state index contributed by atoms with van der Waals surface area (Å²) in [5, 5.41) is 9.66. The summed E-state index contributed by atoms with van der Waals surface area (Å²) in [5.41, 5.74) is 5.44. The highest BCUT2D eigenvalue weighted by Gasteiger charge is 2.27. The summed E-state index contributed by atoms with van der Waals surface area (Å²) < 4.78 is 27.9. The second-order valence-electron chi connectivity index (χ2n) is 4.90. The molecule has 19 heavy (non-hydrogen) atoms. The van der Waals surface area contributed by atoms with E-state index in [1.165, 1.54) is 12.1 Å². The number of halogens is 2. The quantitative estimate of drug-likeness (QED) is 0.814. The zero-order valence-corrected chi connectivity index (χ0v) is 11.4. The van der Waals surface area contributed by atoms with Crippen molar-refractivity contribution in [1.29, 1.82) is 0 Å². The van der Waals surface area contributed by atoms with E-state index in [2.05, 4.69) is 12.2 Å². The average Bonchev–Trinajstić information content (AvgIpc) is 2.36. The van der Waals surface area contributed by atoms with E-state index in [0.29, 0.717) is 19.5 Å². The van der Waals surface area contributed by atoms with Crippen LogP contribution < -0.4 is 10.6 Å². The molecule has 1 fully saturated rings. The molecule has 2 rings (SSSR count). The van der Waals surface area contributed by atoms with E-state index in [-0.39, 0.29) is 28.3 Å². The van der Waals surface area contributed by atoms with Gasteiger partial charge >= 0.3 is 0 Å². The van der Waals surface area contributed by atoms with Crippen LogP contribution in [0.5, 0.6) is 0 Å². The van der Waals surface area contributed by atoms with Gasteiger partial charge in [0.15, 0.2) is 11.6 Å². The summed E-state index contributed by atoms with van der Waals surface area (Å²) in [6.45, 7) is 2.87. The molecule has 0 amide bonds. The van der Waals surface area contributed by atoms with Crippen molar-refractivity contribution in [2.75, 3.05) is 18.0 Å². The van der Waals surface area contributed by atoms with Crippen LogP contribution in [-0.2, 0) is 0 Å². The van der Waals surface area contributed by atoms with E-state index in [4.69, 9.17) is 5.73 Å². The molecule has 0 aliphatic carbocycles. The highest BCUT2D eigenvalue weighted by atomic mass is 32.1. The van der Waals surface area contributed by atoms with Gasteiger partial charge in [0.2, 0.25) is 0 Å². The molecule has 104 valence electrons. The SMILES string of the molecule is CC1CN(c2ccc(C(N)=S)c(F)c2F)CCC1O. The Morgan fingerprint density at radius 3 is 2.68 bits per heavy atom. The first kappa shape index (κ1) is 14.1. The van der Waals surface area contributed by atoms with Crippen molar-refractivity contribution >= 4 is 22.9 Å². The molecule has 6 heteroatoms. The summed E-state index contributed by atoms with van der Waals surface area (Å²) in [6, 6.07) is 2.88. The lowest BCUT2D eigenvalue weighted by Crippen LogP contribution is -2.42. The number of hydrogen-bond acceptors (Lipinski definition) is 3. The van der Waals surface area contributed by atoms with E-state index in [0.717, 1.165) is 0 Å². The van der Waals surface area contributed by atoms with Crippen molar-refractivity contribution in [3.63, 3.8) is 0 Å². The Kier molecular flexibility index (Phi) is 4.01. The maximum Gasteiger partial charge on any atom is 0.182 e. The number of aliphatic hydroxyl groups is 1. The maximum atomic E-state index is 14.0. The molecule has 2 atom stereocenters. The smallest absolute Gasteiger partial charge is 0.182 e. The van der Waals surface area contributed by atoms with E-state index in [1.54, 1.807) is 4.90 Å². The number of aliphatic hydroxyl groups excluding tert-OH is 1. The molecule has 1 heterocycles. The van der Waals surface area contributed by atoms with Crippen LogP contribution in [0.3, 0.4) is 0 Å². The number of rotatable bonds is 2. The Labute approximate surface area is 116 Å². The van der Waals surface area contributed by atoms with Gasteiger partial charge in [0.05, 0.1) is 11.8 Å². The minimum absolute atomic E-state index is 0.0199. The van der Waals surface area contributed by atoms with Gasteiger partial charge < -0.3 is 15.7 Å². The zero-order valence-electron chi connectivity index (χ0n) is 10.6. The molecule has 1 aromatic carbocycles. The third-order valence-corrected chi connectivity index (χ3v) is 3.75. The third kappa shape index (κ3) is 2.69. The van der Waals surface area contributed by atoms with Crippen molar-refractivity contribution in [3.8, 4) is 0 Å². The van der Waals surface area contributed by atoms with Crippen LogP contribution in [0, 0.1) is 17.6 Å². The number of benzene rings is 1. The first-order valence-corrected chi connectivity index (χ1v) is 6.53. The molecule has 1 aliphatic heterocycles. The van der Waals surface area contributed by atoms with Crippen LogP contribution in [0.2, 0.25) is 0 Å². The topological polar surface area (TPSA) is 49.5 Å². The van der Waals surface area contributed by atoms with Crippen LogP contribution in [0.15, 0.2) is 12.1 Å². The fourth-order valence-electron chi connectivity index (χ4n) is 2.33. The van der Waals surface area contributed by atoms with Crippen molar-refractivity contribution in [1.82, 2.24) is 0 Å². The molecule has 0 saturated carbocycles. The van der Waals surface area contributed by atoms with Crippen molar-refractivity contribution < 1.29 is 13.9 Å². The summed E-state index contributed by atoms with van der Waals surface area (Å²) >= 11 is 4.67. The lowest BCUT2D eigenvalue weighted by molar-refractivity contribution is 0.0968. The molecular formula is C13H16F2N2OS. The number of nitrogens with zero attached hydrogens (tertiary/aromatic N) is 1. The Bertz CT molecular complexity index is 510. The van der Waals surface area contributed by atoms with Gasteiger partial charge in [-0.1, -0.05) is 19.1 Å². The minimum Gasteiger partial charge on any atom is -0.393 e. The fourth-order valence-corrected chi connectivity index (χ4v) is 2.48. The average molecular weight is 286 g/mol. The summed E-state index contributed by atoms with van der Waals surface area (Å²) in [7, 11) is 0. The van der Waals surface area contributed by atoms with E-state index < -0.39 is 11.6 Å². The van der Waals surface area contributed by atoms with E-state index in [9.17, 15) is 13.9 Å². The minimum atomic E-state index is -1.01. The molecule has 2 unspecified atom stereocenters. The Morgan fingerprint density at radius 1 is 1.42 bits per heavy atom. The van der Waals surface area contributed by atoms with Crippen molar-refractivity contribution in [3.05, 3.63) is 29.3 Å². The molecule has 0 aromatic heterocycles. The van der Waals surface area contributed by atoms with Gasteiger partial charge in [-0.25, -0.2) is 8.78 Å². The molecule has 0 radical (unpaired) electrons. The van der Waals surface area contributed by atoms with Crippen molar-refractivity contribution in [2.24, 2.45) is 11.7 Å². The number of piperidine rings is 1. The maximum absolute atomic E-state index is 14.0. The second kappa shape index (κ2) is 5.38. The van der Waals surface area contributed by atoms with Gasteiger partial charge in [0.25, 0.3) is 0 Å². The standard InChI is InChI=1S/C13H16F2N2OS/c1-7-6-17(5-4-10(7)18)9-3-2-8(13(16)19)11(14)12(9)15/h2-3,7,10,18H,4-6H2,1H3,(H2,16,19). The molecule has 0 spiro atoms. The first-order chi connectivity index (χ1) is 8.91. The Balaban J connectivity index is 2.31. The van der Waals surface area contributed by atoms with Crippen LogP contribution in [-0.4, -0.2) is 29.3 Å². The van der Waals surface area contributed by atoms with Crippen LogP contribution in [0.4, 0.5) is 14.5 Å². The lowest BCUT2D eigenvalue weighted by Gasteiger charge is -2.36. The number of hydrogen-bond donors (Lipinski definition) is 2. The summed E-state index contributed by atoms with van der Waals surface area (Å²) in [4.78, 5) is 1.57. The van der Waals surface area contributed by atoms with Gasteiger partial charge in [-0.05, 0) is 24.5 Å². The van der Waals surface area contributed by atoms with E-state index >= 15 is 0 Å². The summed E-state index contributed by atoms with van der Waals surface area (Å²) in [6.07, 6.45) is 0.152. The van der Waals surface area contributed by atoms with Crippen LogP contribution in [0.1, 0.15) is 18.9 Å². The van der Waals surface area contributed by atoms with Gasteiger partial charge in [-0.15, -0.1) is 0 Å². The second-order valence-corrected chi connectivity index (χ2v) is 5.34. The molecule has 0 bridgehead atoms. The highest BCUT2D eigenvalue weighted by molar-refractivity contribution is 7.80. The predicted molar refractivity (Wildman–Crippen MR) is 74.2 cm³/mol. The molecular weight excluding hydrogens is 270 g/mol. The van der Waals surface area contributed by atoms with Crippen molar-refractivity contribution in [2.45, 2.75) is 19.4 Å². The van der Waals surface area contributed by atoms with Gasteiger partial charge in [-0.2, -0.15) is 0 Å². The fraction of sp³-hybridized carbons (Fsp3) is 0.462. The lowest BCUT2D eigenvalue weighted by atomic mass is 9.96. The highest BCUT2D eigenvalue weighted by Crippen LogP contribution is 2.28. The van der Waals surface area contributed by atoms with Gasteiger partial charge in [-0.3, -0.25) is 0 Å². The Hall–Kier alpha value is -1.27. The van der Waals surface area contributed by atoms with Crippen LogP contribution >= 0.6 is 12.2 Å². The monoisotopic (exact) mass is 286 g/mol. The predicted octanol–water partition coefficient (Wildman–Crippen LogP) is 1.81. The third-order valence-electron chi connectivity index (χ3n) is 3.53. The zero-order chi connectivity index (χ0) is 14.2. The van der Waals surface area contributed by atoms with Gasteiger partial charge in [0, 0.05) is 18.7 Å². The molecule has 3 nitrogen and oxygen atoms in total. The van der Waals surface area contributed by atoms with E-state index in [1.807, 2.05) is 6.92 Å². The molecule has 1 aliphatic rings. The molecule has 3 N–H and O–H groups in total. The number of thiocarbonyl (C=S) groups is 1. The Morgan fingerprint density at radius 2 is 2.11 bits per heavy atom. The number of nitrogens with two attached hydrogens (primary N) is 1.